The maximum absolute atomic E-state index is 11.8. The molecule has 0 aliphatic rings. The van der Waals surface area contributed by atoms with Gasteiger partial charge in [0.2, 0.25) is 0 Å². The first-order chi connectivity index (χ1) is 10.2. The second-order valence-electron chi connectivity index (χ2n) is 4.73. The van der Waals surface area contributed by atoms with Gasteiger partial charge in [-0.15, -0.1) is 0 Å². The molecule has 0 saturated carbocycles. The summed E-state index contributed by atoms with van der Waals surface area (Å²) in [4.78, 5) is -0.799. The highest BCUT2D eigenvalue weighted by Gasteiger charge is 2.22. The lowest BCUT2D eigenvalue weighted by Crippen LogP contribution is -2.04. The summed E-state index contributed by atoms with van der Waals surface area (Å²) in [6.45, 7) is 0. The van der Waals surface area contributed by atoms with Gasteiger partial charge in [-0.1, -0.05) is 36.4 Å². The molecule has 0 amide bonds. The third-order valence-corrected chi connectivity index (χ3v) is 5.22. The standard InChI is InChI=1S/C14H10O6S2/c15-21(16,17)13-7-3-6-11-12(13)8-9-4-1-2-5-10(9)14(11)22(18,19)20/h1-8H,(H,15,16,17)(H,18,19,20). The van der Waals surface area contributed by atoms with Crippen LogP contribution in [0.15, 0.2) is 58.3 Å². The number of fused-ring (bicyclic) bond motifs is 2. The van der Waals surface area contributed by atoms with E-state index < -0.39 is 25.1 Å². The van der Waals surface area contributed by atoms with Gasteiger partial charge in [-0.25, -0.2) is 0 Å². The minimum absolute atomic E-state index is 0.0244. The van der Waals surface area contributed by atoms with Crippen molar-refractivity contribution in [2.75, 3.05) is 0 Å². The number of rotatable bonds is 2. The Morgan fingerprint density at radius 2 is 1.32 bits per heavy atom. The highest BCUT2D eigenvalue weighted by atomic mass is 32.2. The Balaban J connectivity index is 2.69. The van der Waals surface area contributed by atoms with Crippen molar-refractivity contribution in [3.8, 4) is 0 Å². The van der Waals surface area contributed by atoms with Crippen molar-refractivity contribution in [3.05, 3.63) is 48.5 Å². The predicted octanol–water partition coefficient (Wildman–Crippen LogP) is 2.49. The number of hydrogen-bond acceptors (Lipinski definition) is 4. The highest BCUT2D eigenvalue weighted by molar-refractivity contribution is 7.86. The van der Waals surface area contributed by atoms with E-state index in [0.29, 0.717) is 5.39 Å². The molecule has 0 aromatic heterocycles. The lowest BCUT2D eigenvalue weighted by atomic mass is 10.0. The fraction of sp³-hybridized carbons (Fsp3) is 0. The van der Waals surface area contributed by atoms with E-state index in [0.717, 1.165) is 0 Å². The average Bonchev–Trinajstić information content (AvgIpc) is 2.41. The number of benzene rings is 3. The fourth-order valence-corrected chi connectivity index (χ4v) is 4.14. The molecule has 6 nitrogen and oxygen atoms in total. The van der Waals surface area contributed by atoms with E-state index >= 15 is 0 Å². The van der Waals surface area contributed by atoms with Crippen molar-refractivity contribution in [1.82, 2.24) is 0 Å². The van der Waals surface area contributed by atoms with Crippen LogP contribution in [0.25, 0.3) is 21.5 Å². The molecule has 22 heavy (non-hydrogen) atoms. The van der Waals surface area contributed by atoms with Crippen LogP contribution in [0.4, 0.5) is 0 Å². The van der Waals surface area contributed by atoms with Crippen LogP contribution < -0.4 is 0 Å². The first-order valence-corrected chi connectivity index (χ1v) is 8.97. The van der Waals surface area contributed by atoms with Crippen molar-refractivity contribution in [2.45, 2.75) is 9.79 Å². The van der Waals surface area contributed by atoms with E-state index in [2.05, 4.69) is 0 Å². The van der Waals surface area contributed by atoms with Gasteiger partial charge in [0.05, 0.1) is 0 Å². The second kappa shape index (κ2) is 4.75. The summed E-state index contributed by atoms with van der Waals surface area (Å²) in [7, 11) is -9.13. The van der Waals surface area contributed by atoms with E-state index in [1.807, 2.05) is 0 Å². The molecule has 0 aliphatic carbocycles. The van der Waals surface area contributed by atoms with Crippen LogP contribution >= 0.6 is 0 Å². The third-order valence-electron chi connectivity index (χ3n) is 3.35. The first kappa shape index (κ1) is 14.9. The van der Waals surface area contributed by atoms with Gasteiger partial charge >= 0.3 is 0 Å². The highest BCUT2D eigenvalue weighted by Crippen LogP contribution is 2.34. The molecular weight excluding hydrogens is 328 g/mol. The molecule has 0 saturated heterocycles. The van der Waals surface area contributed by atoms with Crippen LogP contribution in [0, 0.1) is 0 Å². The second-order valence-corrected chi connectivity index (χ2v) is 7.48. The molecule has 0 aliphatic heterocycles. The maximum Gasteiger partial charge on any atom is 0.295 e. The maximum atomic E-state index is 11.8. The van der Waals surface area contributed by atoms with Crippen LogP contribution in [0.5, 0.6) is 0 Å². The molecule has 0 heterocycles. The Kier molecular flexibility index (Phi) is 3.22. The van der Waals surface area contributed by atoms with Crippen LogP contribution in [-0.2, 0) is 20.2 Å². The Bertz CT molecular complexity index is 1110. The molecule has 0 radical (unpaired) electrons. The Morgan fingerprint density at radius 1 is 0.682 bits per heavy atom. The van der Waals surface area contributed by atoms with E-state index in [4.69, 9.17) is 0 Å². The summed E-state index contributed by atoms with van der Waals surface area (Å²) in [6, 6.07) is 11.7. The predicted molar refractivity (Wildman–Crippen MR) is 81.1 cm³/mol. The van der Waals surface area contributed by atoms with Crippen LogP contribution in [-0.4, -0.2) is 25.9 Å². The van der Waals surface area contributed by atoms with Crippen molar-refractivity contribution in [3.63, 3.8) is 0 Å². The molecule has 0 fully saturated rings. The zero-order chi connectivity index (χ0) is 16.1. The smallest absolute Gasteiger partial charge is 0.282 e. The normalized spacial score (nSPS) is 12.8. The Labute approximate surface area is 126 Å². The fourth-order valence-electron chi connectivity index (χ4n) is 2.52. The quantitative estimate of drug-likeness (QED) is 0.549. The first-order valence-electron chi connectivity index (χ1n) is 6.09. The topological polar surface area (TPSA) is 109 Å². The van der Waals surface area contributed by atoms with Crippen LogP contribution in [0.2, 0.25) is 0 Å². The van der Waals surface area contributed by atoms with Crippen molar-refractivity contribution < 1.29 is 25.9 Å². The summed E-state index contributed by atoms with van der Waals surface area (Å²) in [5, 5.41) is 0.747. The summed E-state index contributed by atoms with van der Waals surface area (Å²) in [5.41, 5.74) is 0. The van der Waals surface area contributed by atoms with E-state index in [9.17, 15) is 25.9 Å². The average molecular weight is 338 g/mol. The van der Waals surface area contributed by atoms with Gasteiger partial charge in [-0.3, -0.25) is 9.11 Å². The molecule has 0 unspecified atom stereocenters. The number of hydrogen-bond donors (Lipinski definition) is 2. The van der Waals surface area contributed by atoms with Gasteiger partial charge in [0.25, 0.3) is 20.2 Å². The van der Waals surface area contributed by atoms with Gasteiger partial charge in [-0.05, 0) is 17.5 Å². The molecule has 0 atom stereocenters. The molecule has 3 rings (SSSR count). The summed E-state index contributed by atoms with van der Waals surface area (Å²) in [5.74, 6) is 0. The molecule has 0 spiro atoms. The summed E-state index contributed by atoms with van der Waals surface area (Å²) in [6.07, 6.45) is 0. The van der Waals surface area contributed by atoms with Crippen LogP contribution in [0.3, 0.4) is 0 Å². The van der Waals surface area contributed by atoms with Gasteiger partial charge in [-0.2, -0.15) is 16.8 Å². The minimum Gasteiger partial charge on any atom is -0.282 e. The van der Waals surface area contributed by atoms with Gasteiger partial charge < -0.3 is 0 Å². The SMILES string of the molecule is O=S(=O)(O)c1cccc2c(S(=O)(=O)O)c3ccccc3cc12. The largest absolute Gasteiger partial charge is 0.295 e. The lowest BCUT2D eigenvalue weighted by molar-refractivity contribution is 0.481. The molecule has 0 bridgehead atoms. The van der Waals surface area contributed by atoms with Crippen molar-refractivity contribution in [2.24, 2.45) is 0 Å². The summed E-state index contributed by atoms with van der Waals surface area (Å²) < 4.78 is 65.4. The van der Waals surface area contributed by atoms with Gasteiger partial charge in [0.1, 0.15) is 9.79 Å². The molecule has 3 aromatic rings. The van der Waals surface area contributed by atoms with Crippen molar-refractivity contribution >= 4 is 41.8 Å². The Morgan fingerprint density at radius 3 is 1.95 bits per heavy atom. The Hall–Kier alpha value is -2.00. The van der Waals surface area contributed by atoms with Crippen LogP contribution in [0.1, 0.15) is 0 Å². The lowest BCUT2D eigenvalue weighted by Gasteiger charge is -2.11. The molecular formula is C14H10O6S2. The van der Waals surface area contributed by atoms with Gasteiger partial charge in [0, 0.05) is 16.2 Å². The molecule has 2 N–H and O–H groups in total. The third kappa shape index (κ3) is 2.35. The van der Waals surface area contributed by atoms with Gasteiger partial charge in [0.15, 0.2) is 0 Å². The molecule has 3 aromatic carbocycles. The molecule has 8 heteroatoms. The molecule has 114 valence electrons. The van der Waals surface area contributed by atoms with Crippen molar-refractivity contribution in [1.29, 1.82) is 0 Å². The minimum atomic E-state index is -4.59. The monoisotopic (exact) mass is 338 g/mol. The van der Waals surface area contributed by atoms with E-state index in [1.54, 1.807) is 18.2 Å². The van der Waals surface area contributed by atoms with E-state index in [-0.39, 0.29) is 21.1 Å². The van der Waals surface area contributed by atoms with E-state index in [1.165, 1.54) is 30.3 Å². The zero-order valence-electron chi connectivity index (χ0n) is 11.0. The summed E-state index contributed by atoms with van der Waals surface area (Å²) >= 11 is 0. The zero-order valence-corrected chi connectivity index (χ0v) is 12.6.